The largest absolute Gasteiger partial charge is 0.395 e. The summed E-state index contributed by atoms with van der Waals surface area (Å²) in [5.41, 5.74) is 1.04. The van der Waals surface area contributed by atoms with Crippen LogP contribution in [0.1, 0.15) is 11.1 Å². The van der Waals surface area contributed by atoms with Gasteiger partial charge in [0.1, 0.15) is 0 Å². The Kier molecular flexibility index (Phi) is 5.22. The van der Waals surface area contributed by atoms with Crippen LogP contribution >= 0.6 is 27.5 Å². The molecule has 0 heterocycles. The molecule has 0 bridgehead atoms. The minimum Gasteiger partial charge on any atom is -0.395 e. The van der Waals surface area contributed by atoms with E-state index in [1.807, 2.05) is 42.5 Å². The van der Waals surface area contributed by atoms with Crippen LogP contribution in [0.3, 0.4) is 0 Å². The fraction of sp³-hybridized carbons (Fsp3) is 0.250. The highest BCUT2D eigenvalue weighted by Crippen LogP contribution is 2.33. The maximum absolute atomic E-state index is 9.84. The van der Waals surface area contributed by atoms with Gasteiger partial charge in [0, 0.05) is 14.9 Å². The zero-order chi connectivity index (χ0) is 14.6. The molecule has 0 saturated heterocycles. The first-order valence-electron chi connectivity index (χ1n) is 6.32. The van der Waals surface area contributed by atoms with Crippen molar-refractivity contribution < 1.29 is 10.2 Å². The van der Waals surface area contributed by atoms with Crippen molar-refractivity contribution >= 4 is 27.5 Å². The molecular weight excluding hydrogens is 340 g/mol. The lowest BCUT2D eigenvalue weighted by Crippen LogP contribution is -2.37. The van der Waals surface area contributed by atoms with Gasteiger partial charge in [-0.15, -0.1) is 0 Å². The van der Waals surface area contributed by atoms with Crippen molar-refractivity contribution in [2.24, 2.45) is 0 Å². The van der Waals surface area contributed by atoms with E-state index in [0.29, 0.717) is 11.4 Å². The van der Waals surface area contributed by atoms with Crippen LogP contribution in [0.5, 0.6) is 0 Å². The molecule has 0 saturated carbocycles. The minimum atomic E-state index is -0.772. The zero-order valence-corrected chi connectivity index (χ0v) is 13.2. The molecule has 20 heavy (non-hydrogen) atoms. The summed E-state index contributed by atoms with van der Waals surface area (Å²) in [6.45, 7) is -0.327. The molecule has 0 amide bonds. The number of aliphatic hydroxyl groups excluding tert-OH is 2. The molecule has 0 atom stereocenters. The van der Waals surface area contributed by atoms with E-state index in [2.05, 4.69) is 15.9 Å². The molecule has 0 aromatic heterocycles. The third-order valence-corrected chi connectivity index (χ3v) is 4.36. The SMILES string of the molecule is OCC(CO)(Cc1ccc(Br)cc1)c1ccccc1Cl. The fourth-order valence-corrected chi connectivity index (χ4v) is 2.91. The second-order valence-corrected chi connectivity index (χ2v) is 6.20. The highest BCUT2D eigenvalue weighted by molar-refractivity contribution is 9.10. The van der Waals surface area contributed by atoms with Crippen molar-refractivity contribution in [3.05, 3.63) is 69.2 Å². The van der Waals surface area contributed by atoms with Gasteiger partial charge in [-0.05, 0) is 35.7 Å². The summed E-state index contributed by atoms with van der Waals surface area (Å²) in [7, 11) is 0. The van der Waals surface area contributed by atoms with Crippen molar-refractivity contribution in [1.29, 1.82) is 0 Å². The molecule has 0 aliphatic rings. The third kappa shape index (κ3) is 3.23. The molecule has 0 aliphatic carbocycles. The van der Waals surface area contributed by atoms with Gasteiger partial charge >= 0.3 is 0 Å². The summed E-state index contributed by atoms with van der Waals surface area (Å²) in [5.74, 6) is 0. The Balaban J connectivity index is 2.39. The first-order valence-corrected chi connectivity index (χ1v) is 7.49. The van der Waals surface area contributed by atoms with E-state index < -0.39 is 5.41 Å². The average molecular weight is 356 g/mol. The van der Waals surface area contributed by atoms with Crippen LogP contribution in [0.25, 0.3) is 0 Å². The third-order valence-electron chi connectivity index (χ3n) is 3.51. The number of hydrogen-bond acceptors (Lipinski definition) is 2. The summed E-state index contributed by atoms with van der Waals surface area (Å²) >= 11 is 9.62. The van der Waals surface area contributed by atoms with Crippen molar-refractivity contribution in [3.8, 4) is 0 Å². The minimum absolute atomic E-state index is 0.163. The molecule has 4 heteroatoms. The molecule has 2 nitrogen and oxygen atoms in total. The lowest BCUT2D eigenvalue weighted by Gasteiger charge is -2.31. The van der Waals surface area contributed by atoms with E-state index in [9.17, 15) is 10.2 Å². The molecule has 2 aromatic carbocycles. The lowest BCUT2D eigenvalue weighted by molar-refractivity contribution is 0.116. The van der Waals surface area contributed by atoms with Crippen LogP contribution < -0.4 is 0 Å². The van der Waals surface area contributed by atoms with Gasteiger partial charge in [0.15, 0.2) is 0 Å². The average Bonchev–Trinajstić information content (AvgIpc) is 2.48. The van der Waals surface area contributed by atoms with Gasteiger partial charge in [0.05, 0.1) is 13.2 Å². The summed E-state index contributed by atoms with van der Waals surface area (Å²) in [4.78, 5) is 0. The van der Waals surface area contributed by atoms with Gasteiger partial charge in [-0.3, -0.25) is 0 Å². The Morgan fingerprint density at radius 2 is 1.55 bits per heavy atom. The van der Waals surface area contributed by atoms with E-state index in [0.717, 1.165) is 15.6 Å². The van der Waals surface area contributed by atoms with Crippen LogP contribution in [0, 0.1) is 0 Å². The zero-order valence-electron chi connectivity index (χ0n) is 10.9. The summed E-state index contributed by atoms with van der Waals surface area (Å²) < 4.78 is 0.998. The highest BCUT2D eigenvalue weighted by Gasteiger charge is 2.33. The molecule has 2 aromatic rings. The molecule has 2 N–H and O–H groups in total. The van der Waals surface area contributed by atoms with E-state index in [1.54, 1.807) is 6.07 Å². The van der Waals surface area contributed by atoms with E-state index in [-0.39, 0.29) is 13.2 Å². The lowest BCUT2D eigenvalue weighted by atomic mass is 9.77. The fourth-order valence-electron chi connectivity index (χ4n) is 2.31. The molecule has 2 rings (SSSR count). The first-order chi connectivity index (χ1) is 9.61. The van der Waals surface area contributed by atoms with Crippen LogP contribution in [0.15, 0.2) is 53.0 Å². The summed E-state index contributed by atoms with van der Waals surface area (Å²) in [6, 6.07) is 15.2. The Morgan fingerprint density at radius 1 is 0.950 bits per heavy atom. The molecule has 0 unspecified atom stereocenters. The Labute approximate surface area is 132 Å². The second kappa shape index (κ2) is 6.72. The Hall–Kier alpha value is -0.870. The molecule has 0 radical (unpaired) electrons. The molecule has 0 aliphatic heterocycles. The summed E-state index contributed by atoms with van der Waals surface area (Å²) in [6.07, 6.45) is 0.525. The number of benzene rings is 2. The van der Waals surface area contributed by atoms with E-state index >= 15 is 0 Å². The predicted octanol–water partition coefficient (Wildman–Crippen LogP) is 3.57. The summed E-state index contributed by atoms with van der Waals surface area (Å²) in [5, 5.41) is 20.2. The normalized spacial score (nSPS) is 11.6. The smallest absolute Gasteiger partial charge is 0.0553 e. The molecule has 0 spiro atoms. The first kappa shape index (κ1) is 15.5. The standard InChI is InChI=1S/C16H16BrClO2/c17-13-7-5-12(6-8-13)9-16(10-19,11-20)14-3-1-2-4-15(14)18/h1-8,19-20H,9-11H2. The quantitative estimate of drug-likeness (QED) is 0.861. The topological polar surface area (TPSA) is 40.5 Å². The second-order valence-electron chi connectivity index (χ2n) is 4.88. The number of hydrogen-bond donors (Lipinski definition) is 2. The Bertz CT molecular complexity index is 565. The Morgan fingerprint density at radius 3 is 2.10 bits per heavy atom. The van der Waals surface area contributed by atoms with Gasteiger partial charge in [0.25, 0.3) is 0 Å². The van der Waals surface area contributed by atoms with Crippen molar-refractivity contribution in [1.82, 2.24) is 0 Å². The van der Waals surface area contributed by atoms with Gasteiger partial charge in [-0.25, -0.2) is 0 Å². The maximum Gasteiger partial charge on any atom is 0.0553 e. The predicted molar refractivity (Wildman–Crippen MR) is 85.1 cm³/mol. The molecular formula is C16H16BrClO2. The highest BCUT2D eigenvalue weighted by atomic mass is 79.9. The number of aliphatic hydroxyl groups is 2. The van der Waals surface area contributed by atoms with Gasteiger partial charge in [-0.1, -0.05) is 57.9 Å². The monoisotopic (exact) mass is 354 g/mol. The van der Waals surface area contributed by atoms with Crippen LogP contribution in [0.4, 0.5) is 0 Å². The van der Waals surface area contributed by atoms with Crippen LogP contribution in [-0.4, -0.2) is 23.4 Å². The van der Waals surface area contributed by atoms with Gasteiger partial charge < -0.3 is 10.2 Å². The van der Waals surface area contributed by atoms with Gasteiger partial charge in [-0.2, -0.15) is 0 Å². The van der Waals surface area contributed by atoms with E-state index in [4.69, 9.17) is 11.6 Å². The molecule has 0 fully saturated rings. The number of halogens is 2. The van der Waals surface area contributed by atoms with Crippen molar-refractivity contribution in [3.63, 3.8) is 0 Å². The molecule has 106 valence electrons. The van der Waals surface area contributed by atoms with Crippen molar-refractivity contribution in [2.45, 2.75) is 11.8 Å². The van der Waals surface area contributed by atoms with Crippen LogP contribution in [0.2, 0.25) is 5.02 Å². The van der Waals surface area contributed by atoms with Gasteiger partial charge in [0.2, 0.25) is 0 Å². The van der Waals surface area contributed by atoms with Crippen molar-refractivity contribution in [2.75, 3.05) is 13.2 Å². The van der Waals surface area contributed by atoms with E-state index in [1.165, 1.54) is 0 Å². The van der Waals surface area contributed by atoms with Crippen LogP contribution in [-0.2, 0) is 11.8 Å². The maximum atomic E-state index is 9.84. The number of rotatable bonds is 5.